The first-order chi connectivity index (χ1) is 22.1. The van der Waals surface area contributed by atoms with E-state index in [1.54, 1.807) is 23.1 Å². The lowest BCUT2D eigenvalue weighted by atomic mass is 9.98. The average Bonchev–Trinajstić information content (AvgIpc) is 3.52. The van der Waals surface area contributed by atoms with Crippen molar-refractivity contribution in [1.29, 1.82) is 0 Å². The summed E-state index contributed by atoms with van der Waals surface area (Å²) in [6.07, 6.45) is 0.991. The molecule has 4 aromatic carbocycles. The summed E-state index contributed by atoms with van der Waals surface area (Å²) >= 11 is 3.42. The third-order valence-electron chi connectivity index (χ3n) is 7.55. The van der Waals surface area contributed by atoms with Gasteiger partial charge >= 0.3 is 6.09 Å². The van der Waals surface area contributed by atoms with Crippen LogP contribution in [0.25, 0.3) is 21.3 Å². The van der Waals surface area contributed by atoms with Crippen molar-refractivity contribution in [1.82, 2.24) is 10.3 Å². The van der Waals surface area contributed by atoms with Gasteiger partial charge < -0.3 is 24.6 Å². The minimum Gasteiger partial charge on any atom is -0.445 e. The number of thiazole rings is 1. The number of ether oxygens (including phenoxy) is 3. The minimum atomic E-state index is -0.548. The molecule has 3 atom stereocenters. The molecule has 9 heteroatoms. The Balaban J connectivity index is 1.19. The van der Waals surface area contributed by atoms with Crippen LogP contribution in [0, 0.1) is 0 Å². The second-order valence-electron chi connectivity index (χ2n) is 10.6. The van der Waals surface area contributed by atoms with E-state index in [0.717, 1.165) is 49.0 Å². The largest absolute Gasteiger partial charge is 0.445 e. The number of fused-ring (bicyclic) bond motifs is 1. The van der Waals surface area contributed by atoms with Gasteiger partial charge in [0.2, 0.25) is 0 Å². The topological polar surface area (TPSA) is 89.9 Å². The van der Waals surface area contributed by atoms with Crippen molar-refractivity contribution < 1.29 is 24.1 Å². The molecule has 45 heavy (non-hydrogen) atoms. The average molecular weight is 639 g/mol. The molecule has 7 nitrogen and oxygen atoms in total. The number of hydrogen-bond acceptors (Lipinski definition) is 8. The minimum absolute atomic E-state index is 0.00388. The van der Waals surface area contributed by atoms with Gasteiger partial charge in [0.1, 0.15) is 6.61 Å². The van der Waals surface area contributed by atoms with E-state index in [1.807, 2.05) is 78.9 Å². The Kier molecular flexibility index (Phi) is 10.2. The Hall–Kier alpha value is -3.99. The summed E-state index contributed by atoms with van der Waals surface area (Å²) in [6, 6.07) is 32.3. The lowest BCUT2D eigenvalue weighted by Crippen LogP contribution is -2.31. The van der Waals surface area contributed by atoms with Crippen LogP contribution < -0.4 is 5.32 Å². The molecule has 1 saturated heterocycles. The van der Waals surface area contributed by atoms with Crippen LogP contribution in [0.5, 0.6) is 0 Å². The van der Waals surface area contributed by atoms with Crippen LogP contribution in [0.3, 0.4) is 0 Å². The lowest BCUT2D eigenvalue weighted by Gasteiger charge is -2.36. The molecular weight excluding hydrogens is 605 g/mol. The van der Waals surface area contributed by atoms with E-state index in [-0.39, 0.29) is 25.4 Å². The summed E-state index contributed by atoms with van der Waals surface area (Å²) in [6.45, 7) is 4.08. The molecule has 1 fully saturated rings. The predicted molar refractivity (Wildman–Crippen MR) is 179 cm³/mol. The zero-order valence-electron chi connectivity index (χ0n) is 24.6. The number of nitrogens with one attached hydrogen (secondary N) is 1. The van der Waals surface area contributed by atoms with E-state index in [0.29, 0.717) is 13.0 Å². The Morgan fingerprint density at radius 3 is 2.53 bits per heavy atom. The molecular formula is C36H34N2O5S2. The number of aliphatic hydroxyl groups excluding tert-OH is 1. The molecule has 1 aliphatic heterocycles. The molecule has 0 aliphatic carbocycles. The fraction of sp³-hybridized carbons (Fsp3) is 0.222. The zero-order chi connectivity index (χ0) is 31.0. The quantitative estimate of drug-likeness (QED) is 0.111. The molecule has 2 heterocycles. The van der Waals surface area contributed by atoms with Gasteiger partial charge in [-0.15, -0.1) is 11.3 Å². The van der Waals surface area contributed by atoms with Crippen LogP contribution in [0.4, 0.5) is 4.79 Å². The van der Waals surface area contributed by atoms with Crippen molar-refractivity contribution in [3.8, 4) is 11.1 Å². The highest BCUT2D eigenvalue weighted by Gasteiger charge is 2.32. The number of aromatic nitrogens is 1. The fourth-order valence-corrected chi connectivity index (χ4v) is 7.34. The number of aliphatic hydroxyl groups is 1. The molecule has 0 radical (unpaired) electrons. The Labute approximate surface area is 270 Å². The molecule has 230 valence electrons. The van der Waals surface area contributed by atoms with Crippen LogP contribution in [-0.2, 0) is 27.4 Å². The summed E-state index contributed by atoms with van der Waals surface area (Å²) in [5, 5.41) is 12.3. The van der Waals surface area contributed by atoms with Crippen LogP contribution in [-0.4, -0.2) is 34.6 Å². The summed E-state index contributed by atoms with van der Waals surface area (Å²) in [5.74, 6) is 0.749. The summed E-state index contributed by atoms with van der Waals surface area (Å²) in [5.41, 5.74) is 6.88. The van der Waals surface area contributed by atoms with Gasteiger partial charge in [0.05, 0.1) is 29.0 Å². The number of amides is 1. The van der Waals surface area contributed by atoms with Crippen molar-refractivity contribution in [2.45, 2.75) is 42.4 Å². The second-order valence-corrected chi connectivity index (χ2v) is 12.9. The number of rotatable bonds is 11. The van der Waals surface area contributed by atoms with Gasteiger partial charge in [0.15, 0.2) is 10.6 Å². The van der Waals surface area contributed by atoms with Crippen molar-refractivity contribution in [3.63, 3.8) is 0 Å². The van der Waals surface area contributed by atoms with Gasteiger partial charge in [-0.2, -0.15) is 0 Å². The summed E-state index contributed by atoms with van der Waals surface area (Å²) < 4.78 is 20.4. The lowest BCUT2D eigenvalue weighted by molar-refractivity contribution is -0.245. The standard InChI is InChI=1S/C36H34N2O5S2/c1-2-19-41-35(40)37-21-28-7-3-4-8-30(28)25-15-17-27(18-16-25)34-42-29(20-32(43-34)26-13-11-24(22-39)12-14-26)23-44-36-38-31-9-5-6-10-33(31)45-36/h2-18,29,32,34,39H,1,19-23H2,(H,37,40)/t29-,32+,34+/m1/s1. The van der Waals surface area contributed by atoms with Crippen LogP contribution in [0.15, 0.2) is 114 Å². The predicted octanol–water partition coefficient (Wildman–Crippen LogP) is 8.21. The van der Waals surface area contributed by atoms with E-state index in [9.17, 15) is 9.90 Å². The number of hydrogen-bond donors (Lipinski definition) is 2. The smallest absolute Gasteiger partial charge is 0.407 e. The first-order valence-corrected chi connectivity index (χ1v) is 16.6. The number of nitrogens with zero attached hydrogens (tertiary/aromatic N) is 1. The highest BCUT2D eigenvalue weighted by Crippen LogP contribution is 2.40. The maximum Gasteiger partial charge on any atom is 0.407 e. The Bertz CT molecular complexity index is 1710. The summed E-state index contributed by atoms with van der Waals surface area (Å²) in [4.78, 5) is 16.8. The molecule has 1 amide bonds. The van der Waals surface area contributed by atoms with E-state index in [2.05, 4.69) is 30.1 Å². The van der Waals surface area contributed by atoms with Crippen molar-refractivity contribution in [3.05, 3.63) is 132 Å². The number of para-hydroxylation sites is 1. The molecule has 0 unspecified atom stereocenters. The molecule has 0 saturated carbocycles. The zero-order valence-corrected chi connectivity index (χ0v) is 26.3. The van der Waals surface area contributed by atoms with Gasteiger partial charge in [-0.3, -0.25) is 0 Å². The number of thioether (sulfide) groups is 1. The monoisotopic (exact) mass is 638 g/mol. The summed E-state index contributed by atoms with van der Waals surface area (Å²) in [7, 11) is 0. The molecule has 6 rings (SSSR count). The molecule has 1 aromatic heterocycles. The van der Waals surface area contributed by atoms with E-state index in [4.69, 9.17) is 19.2 Å². The van der Waals surface area contributed by atoms with Crippen molar-refractivity contribution in [2.75, 3.05) is 12.4 Å². The number of benzene rings is 4. The normalized spacial score (nSPS) is 18.0. The molecule has 0 spiro atoms. The van der Waals surface area contributed by atoms with Gasteiger partial charge in [-0.1, -0.05) is 109 Å². The maximum absolute atomic E-state index is 12.0. The van der Waals surface area contributed by atoms with Gasteiger partial charge in [-0.25, -0.2) is 9.78 Å². The number of carbonyl (C=O) groups excluding carboxylic acids is 1. The first-order valence-electron chi connectivity index (χ1n) is 14.8. The van der Waals surface area contributed by atoms with Gasteiger partial charge in [-0.05, 0) is 39.9 Å². The molecule has 5 aromatic rings. The van der Waals surface area contributed by atoms with Crippen LogP contribution >= 0.6 is 23.1 Å². The maximum atomic E-state index is 12.0. The Morgan fingerprint density at radius 2 is 1.76 bits per heavy atom. The third kappa shape index (κ3) is 7.81. The van der Waals surface area contributed by atoms with Crippen molar-refractivity contribution in [2.24, 2.45) is 0 Å². The third-order valence-corrected chi connectivity index (χ3v) is 9.86. The first kappa shape index (κ1) is 31.0. The van der Waals surface area contributed by atoms with E-state index in [1.165, 1.54) is 10.8 Å². The van der Waals surface area contributed by atoms with Crippen LogP contribution in [0.1, 0.15) is 41.1 Å². The fourth-order valence-electron chi connectivity index (χ4n) is 5.23. The SMILES string of the molecule is C=CCOC(=O)NCc1ccccc1-c1ccc([C@H]2O[C@@H](CSc3nc4ccccc4s3)C[C@@H](c3ccc(CO)cc3)O2)cc1. The number of carbonyl (C=O) groups is 1. The van der Waals surface area contributed by atoms with E-state index < -0.39 is 12.4 Å². The van der Waals surface area contributed by atoms with Gasteiger partial charge in [0.25, 0.3) is 0 Å². The van der Waals surface area contributed by atoms with Gasteiger partial charge in [0, 0.05) is 24.3 Å². The van der Waals surface area contributed by atoms with Crippen LogP contribution in [0.2, 0.25) is 0 Å². The Morgan fingerprint density at radius 1 is 1.00 bits per heavy atom. The molecule has 0 bridgehead atoms. The highest BCUT2D eigenvalue weighted by atomic mass is 32.2. The molecule has 2 N–H and O–H groups in total. The number of alkyl carbamates (subject to hydrolysis) is 1. The highest BCUT2D eigenvalue weighted by molar-refractivity contribution is 8.01. The second kappa shape index (κ2) is 14.9. The van der Waals surface area contributed by atoms with E-state index >= 15 is 0 Å². The molecule has 1 aliphatic rings. The van der Waals surface area contributed by atoms with Crippen molar-refractivity contribution >= 4 is 39.4 Å².